The number of carbonyl (C=O) groups is 1. The molecule has 0 aliphatic carbocycles. The monoisotopic (exact) mass is 467 g/mol. The molecule has 1 N–H and O–H groups in total. The molecular weight excluding hydrogens is 429 g/mol. The third kappa shape index (κ3) is 5.69. The van der Waals surface area contributed by atoms with Crippen molar-refractivity contribution in [2.45, 2.75) is 65.8 Å². The summed E-state index contributed by atoms with van der Waals surface area (Å²) in [6.07, 6.45) is 3.62. The minimum absolute atomic E-state index is 0.0221. The molecule has 0 saturated carbocycles. The van der Waals surface area contributed by atoms with Gasteiger partial charge in [0.05, 0.1) is 12.3 Å². The van der Waals surface area contributed by atoms with Gasteiger partial charge in [-0.3, -0.25) is 9.69 Å². The van der Waals surface area contributed by atoms with E-state index in [4.69, 9.17) is 0 Å². The maximum absolute atomic E-state index is 13.7. The van der Waals surface area contributed by atoms with E-state index in [1.165, 1.54) is 6.07 Å². The van der Waals surface area contributed by atoms with Gasteiger partial charge in [-0.2, -0.15) is 4.31 Å². The number of likely N-dealkylation sites (tertiary alicyclic amines) is 1. The molecule has 1 amide bonds. The fraction of sp³-hybridized carbons (Fsp3) is 0.708. The molecule has 0 radical (unpaired) electrons. The molecule has 1 aromatic rings. The van der Waals surface area contributed by atoms with Gasteiger partial charge in [0.1, 0.15) is 5.82 Å². The van der Waals surface area contributed by atoms with Crippen LogP contribution in [0.3, 0.4) is 0 Å². The van der Waals surface area contributed by atoms with E-state index in [0.717, 1.165) is 38.8 Å². The normalized spacial score (nSPS) is 21.7. The molecule has 2 heterocycles. The van der Waals surface area contributed by atoms with Crippen molar-refractivity contribution in [3.63, 3.8) is 0 Å². The van der Waals surface area contributed by atoms with E-state index >= 15 is 0 Å². The Morgan fingerprint density at radius 1 is 1.16 bits per heavy atom. The maximum Gasteiger partial charge on any atom is 0.238 e. The van der Waals surface area contributed by atoms with Gasteiger partial charge in [-0.15, -0.1) is 0 Å². The molecule has 0 aromatic heterocycles. The second-order valence-electron chi connectivity index (χ2n) is 10.7. The first-order valence-corrected chi connectivity index (χ1v) is 13.2. The van der Waals surface area contributed by atoms with Crippen molar-refractivity contribution in [2.24, 2.45) is 11.3 Å². The van der Waals surface area contributed by atoms with E-state index in [2.05, 4.69) is 10.2 Å². The molecule has 1 spiro atoms. The van der Waals surface area contributed by atoms with E-state index in [9.17, 15) is 17.6 Å². The molecule has 2 aliphatic heterocycles. The number of hydrogen-bond donors (Lipinski definition) is 1. The van der Waals surface area contributed by atoms with Crippen molar-refractivity contribution in [3.05, 3.63) is 29.6 Å². The highest BCUT2D eigenvalue weighted by atomic mass is 32.2. The Morgan fingerprint density at radius 3 is 2.44 bits per heavy atom. The molecule has 0 unspecified atom stereocenters. The lowest BCUT2D eigenvalue weighted by Gasteiger charge is -2.53. The minimum atomic E-state index is -3.32. The molecular formula is C24H38FN3O3S. The number of nitrogens with one attached hydrogen (secondary N) is 1. The van der Waals surface area contributed by atoms with E-state index in [0.29, 0.717) is 17.8 Å². The van der Waals surface area contributed by atoms with Crippen LogP contribution in [-0.2, 0) is 14.8 Å². The average molecular weight is 468 g/mol. The summed E-state index contributed by atoms with van der Waals surface area (Å²) >= 11 is 0. The number of sulfonamides is 1. The van der Waals surface area contributed by atoms with E-state index in [1.54, 1.807) is 23.4 Å². The van der Waals surface area contributed by atoms with Crippen LogP contribution in [-0.4, -0.2) is 61.0 Å². The molecule has 2 saturated heterocycles. The van der Waals surface area contributed by atoms with Crippen LogP contribution < -0.4 is 5.32 Å². The Hall–Kier alpha value is -1.51. The first-order valence-electron chi connectivity index (χ1n) is 11.6. The Bertz CT molecular complexity index is 938. The predicted molar refractivity (Wildman–Crippen MR) is 127 cm³/mol. The van der Waals surface area contributed by atoms with Crippen LogP contribution in [0.5, 0.6) is 0 Å². The molecule has 0 atom stereocenters. The smallest absolute Gasteiger partial charge is 0.238 e. The van der Waals surface area contributed by atoms with E-state index in [1.807, 2.05) is 27.7 Å². The molecule has 2 fully saturated rings. The third-order valence-electron chi connectivity index (χ3n) is 7.13. The Kier molecular flexibility index (Phi) is 7.37. The van der Waals surface area contributed by atoms with Gasteiger partial charge in [-0.05, 0) is 83.0 Å². The number of benzene rings is 1. The number of anilines is 1. The van der Waals surface area contributed by atoms with Crippen molar-refractivity contribution in [2.75, 3.05) is 37.2 Å². The zero-order valence-electron chi connectivity index (χ0n) is 20.1. The average Bonchev–Trinajstić information content (AvgIpc) is 2.68. The van der Waals surface area contributed by atoms with Gasteiger partial charge in [-0.1, -0.05) is 19.9 Å². The molecule has 1 aromatic carbocycles. The largest absolute Gasteiger partial charge is 0.325 e. The molecule has 8 heteroatoms. The molecule has 32 heavy (non-hydrogen) atoms. The molecule has 0 bridgehead atoms. The molecule has 6 nitrogen and oxygen atoms in total. The molecule has 2 aliphatic rings. The lowest BCUT2D eigenvalue weighted by Crippen LogP contribution is -2.59. The fourth-order valence-corrected chi connectivity index (χ4v) is 7.35. The van der Waals surface area contributed by atoms with E-state index < -0.39 is 10.0 Å². The SMILES string of the molecule is Cc1c(F)cccc1NC(=O)CN1CCC2(CC1)CCC(C)(C)N(S(=O)(=O)CC(C)C)C2. The van der Waals surface area contributed by atoms with Gasteiger partial charge >= 0.3 is 0 Å². The fourth-order valence-electron chi connectivity index (χ4n) is 5.01. The first kappa shape index (κ1) is 25.1. The van der Waals surface area contributed by atoms with Crippen molar-refractivity contribution in [3.8, 4) is 0 Å². The number of halogens is 1. The van der Waals surface area contributed by atoms with E-state index in [-0.39, 0.29) is 40.9 Å². The van der Waals surface area contributed by atoms with Crippen LogP contribution in [0.15, 0.2) is 18.2 Å². The summed E-state index contributed by atoms with van der Waals surface area (Å²) in [6, 6.07) is 4.68. The summed E-state index contributed by atoms with van der Waals surface area (Å²) < 4.78 is 41.7. The highest BCUT2D eigenvalue weighted by Crippen LogP contribution is 2.46. The Balaban J connectivity index is 1.60. The number of carbonyl (C=O) groups excluding carboxylic acids is 1. The van der Waals surface area contributed by atoms with Gasteiger partial charge in [0.2, 0.25) is 15.9 Å². The number of rotatable bonds is 6. The minimum Gasteiger partial charge on any atom is -0.325 e. The van der Waals surface area contributed by atoms with Crippen molar-refractivity contribution in [1.29, 1.82) is 0 Å². The van der Waals surface area contributed by atoms with Crippen molar-refractivity contribution >= 4 is 21.6 Å². The lowest BCUT2D eigenvalue weighted by molar-refractivity contribution is -0.118. The van der Waals surface area contributed by atoms with Crippen molar-refractivity contribution in [1.82, 2.24) is 9.21 Å². The summed E-state index contributed by atoms with van der Waals surface area (Å²) in [6.45, 7) is 11.9. The summed E-state index contributed by atoms with van der Waals surface area (Å²) in [5.41, 5.74) is 0.555. The summed E-state index contributed by atoms with van der Waals surface area (Å²) in [5.74, 6) is -0.213. The topological polar surface area (TPSA) is 69.7 Å². The van der Waals surface area contributed by atoms with Crippen LogP contribution in [0.4, 0.5) is 10.1 Å². The lowest BCUT2D eigenvalue weighted by atomic mass is 9.69. The Labute approximate surface area is 192 Å². The maximum atomic E-state index is 13.7. The number of nitrogens with zero attached hydrogens (tertiary/aromatic N) is 2. The Morgan fingerprint density at radius 2 is 1.81 bits per heavy atom. The standard InChI is InChI=1S/C24H38FN3O3S/c1-18(2)16-32(30,31)28-17-24(10-9-23(28,4)5)11-13-27(14-12-24)15-22(29)26-21-8-6-7-20(25)19(21)3/h6-8,18H,9-17H2,1-5H3,(H,26,29). The number of piperidine rings is 2. The number of hydrogen-bond acceptors (Lipinski definition) is 4. The summed E-state index contributed by atoms with van der Waals surface area (Å²) in [7, 11) is -3.32. The number of amides is 1. The van der Waals surface area contributed by atoms with Gasteiger partial charge in [0, 0.05) is 23.3 Å². The molecule has 180 valence electrons. The quantitative estimate of drug-likeness (QED) is 0.686. The van der Waals surface area contributed by atoms with Crippen molar-refractivity contribution < 1.29 is 17.6 Å². The summed E-state index contributed by atoms with van der Waals surface area (Å²) in [5, 5.41) is 2.82. The predicted octanol–water partition coefficient (Wildman–Crippen LogP) is 4.02. The second-order valence-corrected chi connectivity index (χ2v) is 12.7. The first-order chi connectivity index (χ1) is 14.8. The highest BCUT2D eigenvalue weighted by Gasteiger charge is 2.48. The highest BCUT2D eigenvalue weighted by molar-refractivity contribution is 7.89. The van der Waals surface area contributed by atoms with Gasteiger partial charge in [0.25, 0.3) is 0 Å². The van der Waals surface area contributed by atoms with Crippen LogP contribution >= 0.6 is 0 Å². The van der Waals surface area contributed by atoms with Crippen LogP contribution in [0.2, 0.25) is 0 Å². The zero-order chi connectivity index (χ0) is 23.7. The van der Waals surface area contributed by atoms with Gasteiger partial charge < -0.3 is 5.32 Å². The van der Waals surface area contributed by atoms with Crippen LogP contribution in [0.25, 0.3) is 0 Å². The zero-order valence-corrected chi connectivity index (χ0v) is 20.9. The molecule has 3 rings (SSSR count). The summed E-state index contributed by atoms with van der Waals surface area (Å²) in [4.78, 5) is 14.6. The third-order valence-corrected chi connectivity index (χ3v) is 9.51. The van der Waals surface area contributed by atoms with Gasteiger partial charge in [-0.25, -0.2) is 12.8 Å². The van der Waals surface area contributed by atoms with Crippen LogP contribution in [0, 0.1) is 24.1 Å². The van der Waals surface area contributed by atoms with Gasteiger partial charge in [0.15, 0.2) is 0 Å². The van der Waals surface area contributed by atoms with Crippen LogP contribution in [0.1, 0.15) is 58.9 Å². The second kappa shape index (κ2) is 9.39.